The van der Waals surface area contributed by atoms with Crippen molar-refractivity contribution >= 4 is 17.1 Å². The summed E-state index contributed by atoms with van der Waals surface area (Å²) in [6.45, 7) is 0. The number of rotatable bonds is 1. The molecule has 70 valence electrons. The molecule has 0 heterocycles. The van der Waals surface area contributed by atoms with Crippen LogP contribution in [0.15, 0.2) is 30.3 Å². The maximum absolute atomic E-state index is 10.7. The fourth-order valence-corrected chi connectivity index (χ4v) is 1.45. The molecule has 0 atom stereocenters. The molecule has 3 nitrogen and oxygen atoms in total. The number of hydrogen-bond donors (Lipinski definition) is 2. The summed E-state index contributed by atoms with van der Waals surface area (Å²) in [5.41, 5.74) is 0.453. The molecule has 2 N–H and O–H groups in total. The van der Waals surface area contributed by atoms with Gasteiger partial charge in [-0.2, -0.15) is 0 Å². The molecule has 2 aromatic carbocycles. The van der Waals surface area contributed by atoms with Crippen molar-refractivity contribution in [1.82, 2.24) is 0 Å². The smallest absolute Gasteiger partial charge is 0.150 e. The molecule has 3 heteroatoms. The number of carbonyl (C=O) groups excluding carboxylic acids is 1. The van der Waals surface area contributed by atoms with E-state index in [1.165, 1.54) is 24.3 Å². The first-order valence-corrected chi connectivity index (χ1v) is 4.12. The molecule has 0 aliphatic carbocycles. The van der Waals surface area contributed by atoms with Crippen LogP contribution < -0.4 is 0 Å². The Morgan fingerprint density at radius 3 is 2.50 bits per heavy atom. The number of aromatic hydroxyl groups is 2. The summed E-state index contributed by atoms with van der Waals surface area (Å²) in [6.07, 6.45) is 0.696. The predicted octanol–water partition coefficient (Wildman–Crippen LogP) is 2.06. The van der Waals surface area contributed by atoms with Crippen LogP contribution in [-0.4, -0.2) is 16.5 Å². The topological polar surface area (TPSA) is 57.5 Å². The van der Waals surface area contributed by atoms with Crippen LogP contribution in [0, 0.1) is 0 Å². The van der Waals surface area contributed by atoms with E-state index in [1.54, 1.807) is 6.07 Å². The molecule has 14 heavy (non-hydrogen) atoms. The third kappa shape index (κ3) is 1.19. The number of phenols is 2. The van der Waals surface area contributed by atoms with Gasteiger partial charge in [-0.05, 0) is 35.7 Å². The molecule has 0 aromatic heterocycles. The number of benzene rings is 2. The van der Waals surface area contributed by atoms with E-state index in [-0.39, 0.29) is 11.5 Å². The van der Waals surface area contributed by atoms with Gasteiger partial charge in [0.25, 0.3) is 0 Å². The molecule has 0 fully saturated rings. The minimum absolute atomic E-state index is 0.0752. The zero-order valence-electron chi connectivity index (χ0n) is 7.27. The fourth-order valence-electron chi connectivity index (χ4n) is 1.45. The lowest BCUT2D eigenvalue weighted by atomic mass is 10.0. The zero-order chi connectivity index (χ0) is 10.1. The Morgan fingerprint density at radius 1 is 1.00 bits per heavy atom. The lowest BCUT2D eigenvalue weighted by molar-refractivity contribution is 0.112. The lowest BCUT2D eigenvalue weighted by Gasteiger charge is -2.03. The van der Waals surface area contributed by atoms with E-state index >= 15 is 0 Å². The van der Waals surface area contributed by atoms with Crippen LogP contribution in [0.3, 0.4) is 0 Å². The van der Waals surface area contributed by atoms with E-state index < -0.39 is 0 Å². The van der Waals surface area contributed by atoms with E-state index in [4.69, 9.17) is 0 Å². The summed E-state index contributed by atoms with van der Waals surface area (Å²) < 4.78 is 0. The first kappa shape index (κ1) is 8.56. The second kappa shape index (κ2) is 3.03. The van der Waals surface area contributed by atoms with E-state index in [2.05, 4.69) is 0 Å². The van der Waals surface area contributed by atoms with Crippen LogP contribution in [0.2, 0.25) is 0 Å². The summed E-state index contributed by atoms with van der Waals surface area (Å²) in [4.78, 5) is 10.7. The van der Waals surface area contributed by atoms with E-state index in [1.807, 2.05) is 0 Å². The van der Waals surface area contributed by atoms with Gasteiger partial charge in [-0.3, -0.25) is 4.79 Å². The van der Waals surface area contributed by atoms with Gasteiger partial charge in [0.1, 0.15) is 11.5 Å². The Balaban J connectivity index is 2.92. The van der Waals surface area contributed by atoms with Crippen LogP contribution in [0.4, 0.5) is 0 Å². The van der Waals surface area contributed by atoms with Crippen LogP contribution >= 0.6 is 0 Å². The largest absolute Gasteiger partial charge is 0.508 e. The van der Waals surface area contributed by atoms with Crippen LogP contribution in [0.5, 0.6) is 11.5 Å². The zero-order valence-corrected chi connectivity index (χ0v) is 7.27. The van der Waals surface area contributed by atoms with Crippen molar-refractivity contribution < 1.29 is 15.0 Å². The number of carbonyl (C=O) groups is 1. The molecule has 0 aliphatic heterocycles. The highest BCUT2D eigenvalue weighted by Crippen LogP contribution is 2.29. The first-order valence-electron chi connectivity index (χ1n) is 4.12. The van der Waals surface area contributed by atoms with E-state index in [9.17, 15) is 15.0 Å². The highest BCUT2D eigenvalue weighted by molar-refractivity contribution is 6.01. The van der Waals surface area contributed by atoms with Gasteiger partial charge in [0.05, 0.1) is 0 Å². The number of phenolic OH excluding ortho intramolecular Hbond substituents is 2. The van der Waals surface area contributed by atoms with Gasteiger partial charge in [-0.15, -0.1) is 0 Å². The summed E-state index contributed by atoms with van der Waals surface area (Å²) in [5.74, 6) is 0.178. The Bertz CT molecular complexity index is 503. The van der Waals surface area contributed by atoms with Crippen molar-refractivity contribution in [1.29, 1.82) is 0 Å². The molecule has 0 radical (unpaired) electrons. The molecule has 0 aliphatic rings. The van der Waals surface area contributed by atoms with Gasteiger partial charge in [0.2, 0.25) is 0 Å². The standard InChI is InChI=1S/C11H8O3/c12-6-7-1-4-11(14)9-3-2-8(13)5-10(7)9/h1-6,13-14H. The highest BCUT2D eigenvalue weighted by atomic mass is 16.3. The molecule has 0 saturated carbocycles. The molecule has 0 unspecified atom stereocenters. The van der Waals surface area contributed by atoms with Gasteiger partial charge in [-0.25, -0.2) is 0 Å². The van der Waals surface area contributed by atoms with Gasteiger partial charge in [0.15, 0.2) is 6.29 Å². The predicted molar refractivity (Wildman–Crippen MR) is 52.7 cm³/mol. The SMILES string of the molecule is O=Cc1ccc(O)c2ccc(O)cc12. The van der Waals surface area contributed by atoms with Crippen molar-refractivity contribution in [3.05, 3.63) is 35.9 Å². The fraction of sp³-hybridized carbons (Fsp3) is 0. The van der Waals surface area contributed by atoms with Crippen molar-refractivity contribution in [2.45, 2.75) is 0 Å². The third-order valence-corrected chi connectivity index (χ3v) is 2.14. The third-order valence-electron chi connectivity index (χ3n) is 2.14. The summed E-state index contributed by atoms with van der Waals surface area (Å²) in [6, 6.07) is 7.48. The molecular weight excluding hydrogens is 180 g/mol. The van der Waals surface area contributed by atoms with Crippen LogP contribution in [0.25, 0.3) is 10.8 Å². The van der Waals surface area contributed by atoms with Gasteiger partial charge >= 0.3 is 0 Å². The Labute approximate surface area is 80.2 Å². The molecule has 0 bridgehead atoms. The van der Waals surface area contributed by atoms with Gasteiger partial charge in [-0.1, -0.05) is 0 Å². The first-order chi connectivity index (χ1) is 6.72. The average Bonchev–Trinajstić information content (AvgIpc) is 2.18. The second-order valence-electron chi connectivity index (χ2n) is 3.02. The van der Waals surface area contributed by atoms with E-state index in [0.29, 0.717) is 22.6 Å². The minimum Gasteiger partial charge on any atom is -0.508 e. The monoisotopic (exact) mass is 188 g/mol. The number of hydrogen-bond acceptors (Lipinski definition) is 3. The molecule has 2 rings (SSSR count). The average molecular weight is 188 g/mol. The quantitative estimate of drug-likeness (QED) is 0.673. The van der Waals surface area contributed by atoms with Crippen LogP contribution in [0.1, 0.15) is 10.4 Å². The molecule has 0 saturated heterocycles. The van der Waals surface area contributed by atoms with Crippen molar-refractivity contribution in [3.63, 3.8) is 0 Å². The Kier molecular flexibility index (Phi) is 1.85. The van der Waals surface area contributed by atoms with Crippen LogP contribution in [-0.2, 0) is 0 Å². The minimum atomic E-state index is 0.0752. The van der Waals surface area contributed by atoms with E-state index in [0.717, 1.165) is 0 Å². The summed E-state index contributed by atoms with van der Waals surface area (Å²) >= 11 is 0. The second-order valence-corrected chi connectivity index (χ2v) is 3.02. The van der Waals surface area contributed by atoms with Crippen molar-refractivity contribution in [3.8, 4) is 11.5 Å². The van der Waals surface area contributed by atoms with Gasteiger partial charge < -0.3 is 10.2 Å². The molecule has 2 aromatic rings. The normalized spacial score (nSPS) is 10.3. The summed E-state index contributed by atoms with van der Waals surface area (Å²) in [5, 5.41) is 19.8. The maximum atomic E-state index is 10.7. The van der Waals surface area contributed by atoms with Gasteiger partial charge in [0, 0.05) is 10.9 Å². The van der Waals surface area contributed by atoms with Crippen molar-refractivity contribution in [2.24, 2.45) is 0 Å². The molecule has 0 spiro atoms. The Morgan fingerprint density at radius 2 is 1.79 bits per heavy atom. The maximum Gasteiger partial charge on any atom is 0.150 e. The summed E-state index contributed by atoms with van der Waals surface area (Å²) in [7, 11) is 0. The molecule has 0 amide bonds. The van der Waals surface area contributed by atoms with Crippen molar-refractivity contribution in [2.75, 3.05) is 0 Å². The lowest BCUT2D eigenvalue weighted by Crippen LogP contribution is -1.83. The Hall–Kier alpha value is -2.03. The molecular formula is C11H8O3. The highest BCUT2D eigenvalue weighted by Gasteiger charge is 2.04. The number of aldehydes is 1. The number of fused-ring (bicyclic) bond motifs is 1.